The van der Waals surface area contributed by atoms with Crippen molar-refractivity contribution in [2.24, 2.45) is 5.92 Å². The monoisotopic (exact) mass is 346 g/mol. The van der Waals surface area contributed by atoms with Gasteiger partial charge in [-0.05, 0) is 31.2 Å². The van der Waals surface area contributed by atoms with Crippen LogP contribution in [0.2, 0.25) is 0 Å². The molecule has 3 aliphatic rings. The number of pyridine rings is 1. The standard InChI is InChI=1S/C20H30N2O3/c23-17(14-25-18-5-2-1-3-6-18)13-21-10-15-9-16(12-21)19-7-4-8-20(24)22(19)11-15/h4,7-8,15-18,23H,1-3,5-6,9-14H2/t15-,16+,17?/m1/s1. The van der Waals surface area contributed by atoms with E-state index < -0.39 is 6.10 Å². The number of aromatic nitrogens is 1. The Kier molecular flexibility index (Phi) is 5.25. The molecule has 0 amide bonds. The molecule has 0 spiro atoms. The molecule has 3 atom stereocenters. The SMILES string of the molecule is O=c1cccc2n1C[C@@H]1C[C@H]2CN(CC(O)COC2CCCCC2)C1. The minimum atomic E-state index is -0.418. The van der Waals surface area contributed by atoms with Gasteiger partial charge in [0, 0.05) is 43.9 Å². The molecule has 5 heteroatoms. The first kappa shape index (κ1) is 17.3. The molecule has 1 saturated carbocycles. The van der Waals surface area contributed by atoms with Gasteiger partial charge in [-0.2, -0.15) is 0 Å². The summed E-state index contributed by atoms with van der Waals surface area (Å²) in [6.45, 7) is 3.85. The molecule has 0 radical (unpaired) electrons. The Balaban J connectivity index is 1.32. The summed E-state index contributed by atoms with van der Waals surface area (Å²) in [5, 5.41) is 10.4. The van der Waals surface area contributed by atoms with Gasteiger partial charge in [-0.15, -0.1) is 0 Å². The number of β-amino-alcohol motifs (C(OH)–C–C–N with tert-alkyl or cyclic N) is 1. The van der Waals surface area contributed by atoms with E-state index in [0.29, 0.717) is 31.1 Å². The van der Waals surface area contributed by atoms with E-state index >= 15 is 0 Å². The first-order valence-corrected chi connectivity index (χ1v) is 9.91. The van der Waals surface area contributed by atoms with E-state index in [4.69, 9.17) is 4.74 Å². The summed E-state index contributed by atoms with van der Waals surface area (Å²) >= 11 is 0. The Bertz CT molecular complexity index is 638. The van der Waals surface area contributed by atoms with Gasteiger partial charge in [0.25, 0.3) is 5.56 Å². The van der Waals surface area contributed by atoms with Crippen LogP contribution in [0.5, 0.6) is 0 Å². The summed E-state index contributed by atoms with van der Waals surface area (Å²) < 4.78 is 7.89. The Labute approximate surface area is 149 Å². The lowest BCUT2D eigenvalue weighted by atomic mass is 9.83. The molecule has 1 aromatic rings. The molecule has 0 aromatic carbocycles. The molecule has 1 aromatic heterocycles. The van der Waals surface area contributed by atoms with Crippen molar-refractivity contribution in [1.82, 2.24) is 9.47 Å². The van der Waals surface area contributed by atoms with Crippen molar-refractivity contribution in [3.8, 4) is 0 Å². The average molecular weight is 346 g/mol. The zero-order valence-corrected chi connectivity index (χ0v) is 15.0. The van der Waals surface area contributed by atoms with Crippen LogP contribution in [0.15, 0.2) is 23.0 Å². The molecule has 2 bridgehead atoms. The highest BCUT2D eigenvalue weighted by molar-refractivity contribution is 5.16. The third kappa shape index (κ3) is 3.99. The molecule has 1 saturated heterocycles. The summed E-state index contributed by atoms with van der Waals surface area (Å²) in [7, 11) is 0. The second-order valence-corrected chi connectivity index (χ2v) is 8.16. The highest BCUT2D eigenvalue weighted by Crippen LogP contribution is 2.34. The molecule has 25 heavy (non-hydrogen) atoms. The van der Waals surface area contributed by atoms with Gasteiger partial charge in [-0.25, -0.2) is 0 Å². The fourth-order valence-corrected chi connectivity index (χ4v) is 4.97. The van der Waals surface area contributed by atoms with E-state index in [-0.39, 0.29) is 5.56 Å². The fraction of sp³-hybridized carbons (Fsp3) is 0.750. The Morgan fingerprint density at radius 2 is 2.00 bits per heavy atom. The summed E-state index contributed by atoms with van der Waals surface area (Å²) in [5.74, 6) is 0.922. The largest absolute Gasteiger partial charge is 0.389 e. The third-order valence-electron chi connectivity index (χ3n) is 6.10. The first-order valence-electron chi connectivity index (χ1n) is 9.91. The number of piperidine rings is 1. The van der Waals surface area contributed by atoms with Gasteiger partial charge >= 0.3 is 0 Å². The molecule has 2 aliphatic heterocycles. The number of nitrogens with zero attached hydrogens (tertiary/aromatic N) is 2. The van der Waals surface area contributed by atoms with Gasteiger partial charge in [0.15, 0.2) is 0 Å². The molecule has 5 nitrogen and oxygen atoms in total. The quantitative estimate of drug-likeness (QED) is 0.886. The lowest BCUT2D eigenvalue weighted by Gasteiger charge is -2.43. The van der Waals surface area contributed by atoms with E-state index in [0.717, 1.165) is 38.9 Å². The number of fused-ring (bicyclic) bond motifs is 4. The minimum absolute atomic E-state index is 0.126. The molecule has 1 unspecified atom stereocenters. The predicted molar refractivity (Wildman–Crippen MR) is 96.8 cm³/mol. The van der Waals surface area contributed by atoms with Crippen LogP contribution in [0.4, 0.5) is 0 Å². The molecule has 4 rings (SSSR count). The number of ether oxygens (including phenoxy) is 1. The van der Waals surface area contributed by atoms with E-state index in [1.807, 2.05) is 10.6 Å². The van der Waals surface area contributed by atoms with Crippen LogP contribution >= 0.6 is 0 Å². The molecular weight excluding hydrogens is 316 g/mol. The van der Waals surface area contributed by atoms with Gasteiger partial charge in [-0.3, -0.25) is 9.69 Å². The van der Waals surface area contributed by atoms with Crippen molar-refractivity contribution in [2.45, 2.75) is 63.2 Å². The minimum Gasteiger partial charge on any atom is -0.389 e. The normalized spacial score (nSPS) is 28.5. The Hall–Kier alpha value is -1.17. The summed E-state index contributed by atoms with van der Waals surface area (Å²) in [4.78, 5) is 14.5. The number of likely N-dealkylation sites (tertiary alicyclic amines) is 1. The number of hydrogen-bond donors (Lipinski definition) is 1. The molecule has 2 fully saturated rings. The van der Waals surface area contributed by atoms with Crippen molar-refractivity contribution in [3.05, 3.63) is 34.2 Å². The third-order valence-corrected chi connectivity index (χ3v) is 6.10. The second-order valence-electron chi connectivity index (χ2n) is 8.16. The number of aliphatic hydroxyl groups is 1. The number of rotatable bonds is 5. The smallest absolute Gasteiger partial charge is 0.250 e. The van der Waals surface area contributed by atoms with Crippen LogP contribution in [0.25, 0.3) is 0 Å². The molecular formula is C20H30N2O3. The Morgan fingerprint density at radius 3 is 2.84 bits per heavy atom. The van der Waals surface area contributed by atoms with Crippen molar-refractivity contribution in [3.63, 3.8) is 0 Å². The number of hydrogen-bond acceptors (Lipinski definition) is 4. The maximum Gasteiger partial charge on any atom is 0.250 e. The molecule has 3 heterocycles. The first-order chi connectivity index (χ1) is 12.2. The summed E-state index contributed by atoms with van der Waals surface area (Å²) in [5.41, 5.74) is 1.29. The number of aliphatic hydroxyl groups excluding tert-OH is 1. The van der Waals surface area contributed by atoms with Crippen LogP contribution in [0.1, 0.15) is 50.1 Å². The Morgan fingerprint density at radius 1 is 1.16 bits per heavy atom. The summed E-state index contributed by atoms with van der Waals surface area (Å²) in [6, 6.07) is 5.63. The highest BCUT2D eigenvalue weighted by atomic mass is 16.5. The highest BCUT2D eigenvalue weighted by Gasteiger charge is 2.34. The van der Waals surface area contributed by atoms with Gasteiger partial charge in [-0.1, -0.05) is 25.3 Å². The second kappa shape index (κ2) is 7.60. The van der Waals surface area contributed by atoms with Gasteiger partial charge in [0.1, 0.15) is 0 Å². The average Bonchev–Trinajstić information content (AvgIpc) is 2.62. The van der Waals surface area contributed by atoms with Crippen LogP contribution in [-0.2, 0) is 11.3 Å². The van der Waals surface area contributed by atoms with Crippen LogP contribution < -0.4 is 5.56 Å². The maximum absolute atomic E-state index is 12.1. The predicted octanol–water partition coefficient (Wildman–Crippen LogP) is 1.98. The lowest BCUT2D eigenvalue weighted by molar-refractivity contribution is -0.0388. The van der Waals surface area contributed by atoms with Crippen LogP contribution in [0.3, 0.4) is 0 Å². The van der Waals surface area contributed by atoms with Gasteiger partial charge in [0.05, 0.1) is 18.8 Å². The van der Waals surface area contributed by atoms with Crippen molar-refractivity contribution in [2.75, 3.05) is 26.2 Å². The van der Waals surface area contributed by atoms with E-state index in [1.165, 1.54) is 25.0 Å². The van der Waals surface area contributed by atoms with Crippen molar-refractivity contribution in [1.29, 1.82) is 0 Å². The molecule has 138 valence electrons. The molecule has 1 N–H and O–H groups in total. The maximum atomic E-state index is 12.1. The van der Waals surface area contributed by atoms with Gasteiger partial charge < -0.3 is 14.4 Å². The van der Waals surface area contributed by atoms with Crippen molar-refractivity contribution < 1.29 is 9.84 Å². The lowest BCUT2D eigenvalue weighted by Crippen LogP contribution is -2.49. The zero-order valence-electron chi connectivity index (χ0n) is 15.0. The summed E-state index contributed by atoms with van der Waals surface area (Å²) in [6.07, 6.45) is 7.22. The van der Waals surface area contributed by atoms with E-state index in [2.05, 4.69) is 11.0 Å². The van der Waals surface area contributed by atoms with Gasteiger partial charge in [0.2, 0.25) is 0 Å². The van der Waals surface area contributed by atoms with E-state index in [9.17, 15) is 9.90 Å². The van der Waals surface area contributed by atoms with Crippen molar-refractivity contribution >= 4 is 0 Å². The van der Waals surface area contributed by atoms with Crippen LogP contribution in [-0.4, -0.2) is 53.0 Å². The van der Waals surface area contributed by atoms with E-state index in [1.54, 1.807) is 6.07 Å². The topological polar surface area (TPSA) is 54.7 Å². The van der Waals surface area contributed by atoms with Crippen LogP contribution in [0, 0.1) is 5.92 Å². The molecule has 1 aliphatic carbocycles. The fourth-order valence-electron chi connectivity index (χ4n) is 4.97. The zero-order chi connectivity index (χ0) is 17.2.